The number of carboxylic acid groups (broad SMARTS) is 1. The zero-order valence-electron chi connectivity index (χ0n) is 15.0. The number of fused-ring (bicyclic) bond motifs is 1. The van der Waals surface area contributed by atoms with Gasteiger partial charge in [0.25, 0.3) is 0 Å². The van der Waals surface area contributed by atoms with Crippen LogP contribution in [0.1, 0.15) is 35.9 Å². The molecule has 3 rings (SSSR count). The second-order valence-electron chi connectivity index (χ2n) is 6.63. The molecule has 0 spiro atoms. The van der Waals surface area contributed by atoms with Gasteiger partial charge in [0.2, 0.25) is 11.8 Å². The Bertz CT molecular complexity index is 927. The van der Waals surface area contributed by atoms with Crippen LogP contribution in [0.4, 0.5) is 5.69 Å². The maximum absolute atomic E-state index is 13.0. The zero-order valence-corrected chi connectivity index (χ0v) is 16.5. The Labute approximate surface area is 172 Å². The molecule has 1 heterocycles. The standard InChI is InChI=1S/C20H18Cl2N2O4/c1-24-17-5-3-2-4-14(17)15(9-18(24)25)20(28)23-16(10-19(26)27)11-6-12(21)8-13(22)7-11/h2-8,15-16H,9-10H2,1H3,(H,23,28)(H,26,27)/t15?,16-/m0/s1. The van der Waals surface area contributed by atoms with Crippen molar-refractivity contribution >= 4 is 46.7 Å². The minimum atomic E-state index is -1.08. The quantitative estimate of drug-likeness (QED) is 0.770. The number of carbonyl (C=O) groups excluding carboxylic acids is 2. The van der Waals surface area contributed by atoms with Gasteiger partial charge in [-0.2, -0.15) is 0 Å². The number of halogens is 2. The smallest absolute Gasteiger partial charge is 0.305 e. The Hall–Kier alpha value is -2.57. The van der Waals surface area contributed by atoms with Crippen molar-refractivity contribution in [2.24, 2.45) is 0 Å². The van der Waals surface area contributed by atoms with E-state index in [2.05, 4.69) is 5.32 Å². The summed E-state index contributed by atoms with van der Waals surface area (Å²) >= 11 is 12.0. The molecule has 1 unspecified atom stereocenters. The molecule has 2 aromatic carbocycles. The minimum absolute atomic E-state index is 0.00937. The molecule has 0 aliphatic carbocycles. The van der Waals surface area contributed by atoms with Gasteiger partial charge in [-0.05, 0) is 35.4 Å². The number of rotatable bonds is 5. The monoisotopic (exact) mass is 420 g/mol. The van der Waals surface area contributed by atoms with E-state index in [9.17, 15) is 19.5 Å². The molecular formula is C20H18Cl2N2O4. The highest BCUT2D eigenvalue weighted by Crippen LogP contribution is 2.36. The Morgan fingerprint density at radius 2 is 1.86 bits per heavy atom. The Morgan fingerprint density at radius 3 is 2.50 bits per heavy atom. The largest absolute Gasteiger partial charge is 0.481 e. The normalized spacial score (nSPS) is 17.0. The van der Waals surface area contributed by atoms with Crippen molar-refractivity contribution in [2.45, 2.75) is 24.8 Å². The number of carbonyl (C=O) groups is 3. The number of anilines is 1. The highest BCUT2D eigenvalue weighted by atomic mass is 35.5. The SMILES string of the molecule is CN1C(=O)CC(C(=O)N[C@@H](CC(=O)O)c2cc(Cl)cc(Cl)c2)c2ccccc21. The van der Waals surface area contributed by atoms with Crippen LogP contribution in [0.2, 0.25) is 10.0 Å². The molecule has 2 amide bonds. The first kappa shape index (κ1) is 20.2. The topological polar surface area (TPSA) is 86.7 Å². The fourth-order valence-electron chi connectivity index (χ4n) is 3.35. The molecule has 1 aliphatic rings. The van der Waals surface area contributed by atoms with Crippen molar-refractivity contribution in [3.8, 4) is 0 Å². The molecule has 0 radical (unpaired) electrons. The van der Waals surface area contributed by atoms with E-state index in [1.807, 2.05) is 0 Å². The third kappa shape index (κ3) is 4.29. The zero-order chi connectivity index (χ0) is 20.4. The van der Waals surface area contributed by atoms with E-state index in [1.165, 1.54) is 11.0 Å². The molecule has 0 aromatic heterocycles. The van der Waals surface area contributed by atoms with Crippen LogP contribution in [0, 0.1) is 0 Å². The molecule has 1 aliphatic heterocycles. The van der Waals surface area contributed by atoms with Crippen molar-refractivity contribution in [3.05, 3.63) is 63.6 Å². The Balaban J connectivity index is 1.91. The Morgan fingerprint density at radius 1 is 1.21 bits per heavy atom. The number of hydrogen-bond acceptors (Lipinski definition) is 3. The number of amides is 2. The van der Waals surface area contributed by atoms with E-state index >= 15 is 0 Å². The molecule has 146 valence electrons. The second kappa shape index (κ2) is 8.20. The van der Waals surface area contributed by atoms with Gasteiger partial charge in [0.05, 0.1) is 18.4 Å². The maximum atomic E-state index is 13.0. The third-order valence-corrected chi connectivity index (χ3v) is 5.16. The van der Waals surface area contributed by atoms with Gasteiger partial charge in [-0.1, -0.05) is 41.4 Å². The van der Waals surface area contributed by atoms with Crippen molar-refractivity contribution in [3.63, 3.8) is 0 Å². The molecule has 2 N–H and O–H groups in total. The molecule has 0 bridgehead atoms. The molecule has 0 fully saturated rings. The molecule has 0 saturated carbocycles. The minimum Gasteiger partial charge on any atom is -0.481 e. The second-order valence-corrected chi connectivity index (χ2v) is 7.50. The summed E-state index contributed by atoms with van der Waals surface area (Å²) in [6.45, 7) is 0. The van der Waals surface area contributed by atoms with Crippen LogP contribution in [0.25, 0.3) is 0 Å². The highest BCUT2D eigenvalue weighted by molar-refractivity contribution is 6.34. The summed E-state index contributed by atoms with van der Waals surface area (Å²) in [6.07, 6.45) is -0.333. The Kier molecular flexibility index (Phi) is 5.91. The molecule has 2 aromatic rings. The van der Waals surface area contributed by atoms with Crippen LogP contribution in [0.3, 0.4) is 0 Å². The predicted octanol–water partition coefficient (Wildman–Crippen LogP) is 3.78. The lowest BCUT2D eigenvalue weighted by atomic mass is 9.88. The lowest BCUT2D eigenvalue weighted by molar-refractivity contribution is -0.138. The number of hydrogen-bond donors (Lipinski definition) is 2. The first-order valence-corrected chi connectivity index (χ1v) is 9.35. The van der Waals surface area contributed by atoms with Gasteiger partial charge in [-0.15, -0.1) is 0 Å². The molecule has 2 atom stereocenters. The van der Waals surface area contributed by atoms with Gasteiger partial charge >= 0.3 is 5.97 Å². The summed E-state index contributed by atoms with van der Waals surface area (Å²) < 4.78 is 0. The van der Waals surface area contributed by atoms with Gasteiger partial charge in [0.1, 0.15) is 0 Å². The summed E-state index contributed by atoms with van der Waals surface area (Å²) in [5, 5.41) is 12.7. The van der Waals surface area contributed by atoms with Crippen molar-refractivity contribution < 1.29 is 19.5 Å². The van der Waals surface area contributed by atoms with Crippen LogP contribution in [-0.2, 0) is 14.4 Å². The fourth-order valence-corrected chi connectivity index (χ4v) is 3.90. The number of benzene rings is 2. The van der Waals surface area contributed by atoms with Crippen LogP contribution in [0.5, 0.6) is 0 Å². The van der Waals surface area contributed by atoms with E-state index in [1.54, 1.807) is 43.4 Å². The van der Waals surface area contributed by atoms with E-state index in [0.717, 1.165) is 5.56 Å². The maximum Gasteiger partial charge on any atom is 0.305 e. The highest BCUT2D eigenvalue weighted by Gasteiger charge is 2.34. The van der Waals surface area contributed by atoms with Gasteiger partial charge in [0.15, 0.2) is 0 Å². The lowest BCUT2D eigenvalue weighted by Gasteiger charge is -2.31. The average molecular weight is 421 g/mol. The number of carboxylic acids is 1. The number of aliphatic carboxylic acids is 1. The average Bonchev–Trinajstić information content (AvgIpc) is 2.63. The molecule has 0 saturated heterocycles. The van der Waals surface area contributed by atoms with E-state index in [4.69, 9.17) is 23.2 Å². The predicted molar refractivity (Wildman–Crippen MR) is 107 cm³/mol. The van der Waals surface area contributed by atoms with Crippen molar-refractivity contribution in [1.29, 1.82) is 0 Å². The van der Waals surface area contributed by atoms with Gasteiger partial charge in [-0.25, -0.2) is 0 Å². The molecule has 8 heteroatoms. The molecular weight excluding hydrogens is 403 g/mol. The van der Waals surface area contributed by atoms with Crippen LogP contribution < -0.4 is 10.2 Å². The van der Waals surface area contributed by atoms with Crippen LogP contribution in [-0.4, -0.2) is 29.9 Å². The number of para-hydroxylation sites is 1. The first-order valence-electron chi connectivity index (χ1n) is 8.60. The summed E-state index contributed by atoms with van der Waals surface area (Å²) in [7, 11) is 1.66. The van der Waals surface area contributed by atoms with Gasteiger partial charge in [-0.3, -0.25) is 14.4 Å². The van der Waals surface area contributed by atoms with Gasteiger partial charge in [0, 0.05) is 29.2 Å². The molecule has 6 nitrogen and oxygen atoms in total. The van der Waals surface area contributed by atoms with Crippen LogP contribution >= 0.6 is 23.2 Å². The van der Waals surface area contributed by atoms with Crippen molar-refractivity contribution in [2.75, 3.05) is 11.9 Å². The lowest BCUT2D eigenvalue weighted by Crippen LogP contribution is -2.40. The first-order chi connectivity index (χ1) is 13.3. The van der Waals surface area contributed by atoms with Gasteiger partial charge < -0.3 is 15.3 Å². The fraction of sp³-hybridized carbons (Fsp3) is 0.250. The van der Waals surface area contributed by atoms with Crippen LogP contribution in [0.15, 0.2) is 42.5 Å². The van der Waals surface area contributed by atoms with E-state index in [0.29, 0.717) is 21.3 Å². The number of nitrogens with one attached hydrogen (secondary N) is 1. The third-order valence-electron chi connectivity index (χ3n) is 4.73. The summed E-state index contributed by atoms with van der Waals surface area (Å²) in [5.41, 5.74) is 1.88. The van der Waals surface area contributed by atoms with Crippen molar-refractivity contribution in [1.82, 2.24) is 5.32 Å². The summed E-state index contributed by atoms with van der Waals surface area (Å²) in [5.74, 6) is -2.39. The molecule has 28 heavy (non-hydrogen) atoms. The number of nitrogens with zero attached hydrogens (tertiary/aromatic N) is 1. The van der Waals surface area contributed by atoms with E-state index < -0.39 is 23.8 Å². The summed E-state index contributed by atoms with van der Waals surface area (Å²) in [4.78, 5) is 38.2. The van der Waals surface area contributed by atoms with E-state index in [-0.39, 0.29) is 18.7 Å². The summed E-state index contributed by atoms with van der Waals surface area (Å²) in [6, 6.07) is 11.0.